The molecule has 0 spiro atoms. The van der Waals surface area contributed by atoms with Gasteiger partial charge < -0.3 is 5.32 Å². The van der Waals surface area contributed by atoms with Gasteiger partial charge in [0.1, 0.15) is 0 Å². The Bertz CT molecular complexity index is 551. The normalized spacial score (nSPS) is 13.4. The molecule has 1 heterocycles. The van der Waals surface area contributed by atoms with E-state index in [0.29, 0.717) is 6.04 Å². The molecule has 0 radical (unpaired) electrons. The van der Waals surface area contributed by atoms with Crippen LogP contribution >= 0.6 is 27.3 Å². The van der Waals surface area contributed by atoms with E-state index in [1.54, 1.807) is 0 Å². The van der Waals surface area contributed by atoms with Gasteiger partial charge in [-0.1, -0.05) is 45.0 Å². The third-order valence-electron chi connectivity index (χ3n) is 3.61. The number of hydrogen-bond acceptors (Lipinski definition) is 2. The second-order valence-electron chi connectivity index (χ2n) is 6.11. The van der Waals surface area contributed by atoms with Crippen LogP contribution < -0.4 is 5.32 Å². The van der Waals surface area contributed by atoms with E-state index < -0.39 is 0 Å². The van der Waals surface area contributed by atoms with Crippen LogP contribution in [-0.2, 0) is 11.8 Å². The van der Waals surface area contributed by atoms with Crippen molar-refractivity contribution >= 4 is 27.3 Å². The van der Waals surface area contributed by atoms with E-state index in [1.165, 1.54) is 20.5 Å². The molecule has 0 saturated carbocycles. The summed E-state index contributed by atoms with van der Waals surface area (Å²) in [5, 5.41) is 5.56. The molecule has 1 unspecified atom stereocenters. The Kier molecular flexibility index (Phi) is 5.05. The van der Waals surface area contributed by atoms with Crippen LogP contribution in [-0.4, -0.2) is 7.05 Å². The molecule has 108 valence electrons. The zero-order valence-electron chi connectivity index (χ0n) is 12.5. The minimum Gasteiger partial charge on any atom is -0.313 e. The molecule has 1 nitrogen and oxygen atoms in total. The first kappa shape index (κ1) is 15.7. The van der Waals surface area contributed by atoms with E-state index in [0.717, 1.165) is 6.42 Å². The van der Waals surface area contributed by atoms with Gasteiger partial charge in [0.25, 0.3) is 0 Å². The predicted molar refractivity (Wildman–Crippen MR) is 92.7 cm³/mol. The number of hydrogen-bond donors (Lipinski definition) is 1. The molecular weight excluding hydrogens is 330 g/mol. The summed E-state index contributed by atoms with van der Waals surface area (Å²) in [4.78, 5) is 1.39. The van der Waals surface area contributed by atoms with Gasteiger partial charge in [0, 0.05) is 21.8 Å². The Morgan fingerprint density at radius 2 is 1.80 bits per heavy atom. The zero-order valence-corrected chi connectivity index (χ0v) is 14.9. The fraction of sp³-hybridized carbons (Fsp3) is 0.412. The van der Waals surface area contributed by atoms with Gasteiger partial charge in [-0.05, 0) is 51.0 Å². The second kappa shape index (κ2) is 6.42. The van der Waals surface area contributed by atoms with Crippen molar-refractivity contribution in [3.63, 3.8) is 0 Å². The van der Waals surface area contributed by atoms with Gasteiger partial charge in [-0.3, -0.25) is 0 Å². The summed E-state index contributed by atoms with van der Waals surface area (Å²) in [6.45, 7) is 6.75. The Morgan fingerprint density at radius 3 is 2.25 bits per heavy atom. The molecule has 1 aromatic heterocycles. The molecule has 2 rings (SSSR count). The molecule has 1 N–H and O–H groups in total. The SMILES string of the molecule is CNC(Cc1sccc1Br)c1ccc(C(C)(C)C)cc1. The quantitative estimate of drug-likeness (QED) is 0.786. The largest absolute Gasteiger partial charge is 0.313 e. The van der Waals surface area contributed by atoms with E-state index in [9.17, 15) is 0 Å². The molecule has 1 aromatic carbocycles. The highest BCUT2D eigenvalue weighted by Crippen LogP contribution is 2.29. The monoisotopic (exact) mass is 351 g/mol. The summed E-state index contributed by atoms with van der Waals surface area (Å²) in [5.74, 6) is 0. The zero-order chi connectivity index (χ0) is 14.8. The van der Waals surface area contributed by atoms with Crippen molar-refractivity contribution in [2.45, 2.75) is 38.6 Å². The summed E-state index contributed by atoms with van der Waals surface area (Å²) >= 11 is 5.43. The average Bonchev–Trinajstić information content (AvgIpc) is 2.80. The Hall–Kier alpha value is -0.640. The van der Waals surface area contributed by atoms with Crippen LogP contribution in [0.4, 0.5) is 0 Å². The van der Waals surface area contributed by atoms with Gasteiger partial charge >= 0.3 is 0 Å². The van der Waals surface area contributed by atoms with E-state index >= 15 is 0 Å². The first-order valence-electron chi connectivity index (χ1n) is 6.91. The fourth-order valence-electron chi connectivity index (χ4n) is 2.26. The Morgan fingerprint density at radius 1 is 1.15 bits per heavy atom. The van der Waals surface area contributed by atoms with E-state index in [-0.39, 0.29) is 5.41 Å². The van der Waals surface area contributed by atoms with Crippen molar-refractivity contribution in [3.8, 4) is 0 Å². The summed E-state index contributed by atoms with van der Waals surface area (Å²) in [6, 6.07) is 11.5. The van der Waals surface area contributed by atoms with E-state index in [1.807, 2.05) is 18.4 Å². The number of benzene rings is 1. The second-order valence-corrected chi connectivity index (χ2v) is 7.96. The maximum Gasteiger partial charge on any atom is 0.0366 e. The molecule has 0 fully saturated rings. The van der Waals surface area contributed by atoms with Crippen LogP contribution in [0.15, 0.2) is 40.2 Å². The molecule has 20 heavy (non-hydrogen) atoms. The molecule has 0 saturated heterocycles. The van der Waals surface area contributed by atoms with E-state index in [2.05, 4.69) is 77.7 Å². The molecule has 2 aromatic rings. The summed E-state index contributed by atoms with van der Waals surface area (Å²) in [5.41, 5.74) is 2.94. The van der Waals surface area contributed by atoms with Gasteiger partial charge in [-0.15, -0.1) is 11.3 Å². The van der Waals surface area contributed by atoms with Crippen LogP contribution in [0, 0.1) is 0 Å². The summed E-state index contributed by atoms with van der Waals surface area (Å²) in [7, 11) is 2.03. The van der Waals surface area contributed by atoms with Gasteiger partial charge in [0.05, 0.1) is 0 Å². The van der Waals surface area contributed by atoms with Crippen LogP contribution in [0.25, 0.3) is 0 Å². The molecule has 0 aliphatic carbocycles. The lowest BCUT2D eigenvalue weighted by molar-refractivity contribution is 0.581. The molecule has 0 aliphatic heterocycles. The number of halogens is 1. The minimum absolute atomic E-state index is 0.213. The lowest BCUT2D eigenvalue weighted by Gasteiger charge is -2.21. The first-order chi connectivity index (χ1) is 9.41. The van der Waals surface area contributed by atoms with Crippen molar-refractivity contribution in [1.82, 2.24) is 5.32 Å². The minimum atomic E-state index is 0.213. The van der Waals surface area contributed by atoms with Crippen molar-refractivity contribution in [1.29, 1.82) is 0 Å². The third-order valence-corrected chi connectivity index (χ3v) is 5.56. The van der Waals surface area contributed by atoms with Crippen molar-refractivity contribution in [2.24, 2.45) is 0 Å². The van der Waals surface area contributed by atoms with Gasteiger partial charge in [-0.25, -0.2) is 0 Å². The lowest BCUT2D eigenvalue weighted by atomic mass is 9.86. The van der Waals surface area contributed by atoms with Crippen LogP contribution in [0.2, 0.25) is 0 Å². The number of rotatable bonds is 4. The molecule has 0 amide bonds. The van der Waals surface area contributed by atoms with Gasteiger partial charge in [0.15, 0.2) is 0 Å². The summed E-state index contributed by atoms with van der Waals surface area (Å²) in [6.07, 6.45) is 1.02. The van der Waals surface area contributed by atoms with Gasteiger partial charge in [-0.2, -0.15) is 0 Å². The van der Waals surface area contributed by atoms with Crippen LogP contribution in [0.1, 0.15) is 42.8 Å². The highest BCUT2D eigenvalue weighted by molar-refractivity contribution is 9.10. The fourth-order valence-corrected chi connectivity index (χ4v) is 3.82. The Labute approximate surface area is 134 Å². The number of thiophene rings is 1. The molecule has 3 heteroatoms. The van der Waals surface area contributed by atoms with E-state index in [4.69, 9.17) is 0 Å². The van der Waals surface area contributed by atoms with Gasteiger partial charge in [0.2, 0.25) is 0 Å². The smallest absolute Gasteiger partial charge is 0.0366 e. The van der Waals surface area contributed by atoms with Crippen molar-refractivity contribution < 1.29 is 0 Å². The molecule has 1 atom stereocenters. The molecule has 0 aliphatic rings. The number of nitrogens with one attached hydrogen (secondary N) is 1. The Balaban J connectivity index is 2.18. The standard InChI is InChI=1S/C17H22BrNS/c1-17(2,3)13-7-5-12(6-8-13)15(19-4)11-16-14(18)9-10-20-16/h5-10,15,19H,11H2,1-4H3. The summed E-state index contributed by atoms with van der Waals surface area (Å²) < 4.78 is 1.22. The third kappa shape index (κ3) is 3.72. The molecule has 0 bridgehead atoms. The van der Waals surface area contributed by atoms with Crippen molar-refractivity contribution in [3.05, 3.63) is 56.2 Å². The van der Waals surface area contributed by atoms with Crippen LogP contribution in [0.3, 0.4) is 0 Å². The van der Waals surface area contributed by atoms with Crippen molar-refractivity contribution in [2.75, 3.05) is 7.05 Å². The first-order valence-corrected chi connectivity index (χ1v) is 8.58. The predicted octanol–water partition coefficient (Wildman–Crippen LogP) is 5.31. The average molecular weight is 352 g/mol. The highest BCUT2D eigenvalue weighted by Gasteiger charge is 2.16. The maximum absolute atomic E-state index is 3.62. The topological polar surface area (TPSA) is 12.0 Å². The van der Waals surface area contributed by atoms with Crippen LogP contribution in [0.5, 0.6) is 0 Å². The maximum atomic E-state index is 3.62. The number of likely N-dealkylation sites (N-methyl/N-ethyl adjacent to an activating group) is 1. The molecular formula is C17H22BrNS. The highest BCUT2D eigenvalue weighted by atomic mass is 79.9. The lowest BCUT2D eigenvalue weighted by Crippen LogP contribution is -2.19.